The quantitative estimate of drug-likeness (QED) is 0.879. The summed E-state index contributed by atoms with van der Waals surface area (Å²) in [4.78, 5) is 11.9. The maximum atomic E-state index is 13.3. The Bertz CT molecular complexity index is 499. The molecule has 116 valence electrons. The normalized spacial score (nSPS) is 21.1. The smallest absolute Gasteiger partial charge is 0.315 e. The van der Waals surface area contributed by atoms with Crippen LogP contribution in [0.3, 0.4) is 0 Å². The van der Waals surface area contributed by atoms with Crippen LogP contribution in [0.25, 0.3) is 0 Å². The van der Waals surface area contributed by atoms with Crippen molar-refractivity contribution >= 4 is 17.8 Å². The summed E-state index contributed by atoms with van der Waals surface area (Å²) >= 11 is 1.85. The molecule has 1 aliphatic carbocycles. The van der Waals surface area contributed by atoms with Gasteiger partial charge in [0, 0.05) is 23.9 Å². The summed E-state index contributed by atoms with van der Waals surface area (Å²) in [5.41, 5.74) is 0.676. The van der Waals surface area contributed by atoms with E-state index in [0.29, 0.717) is 16.6 Å². The van der Waals surface area contributed by atoms with E-state index in [1.807, 2.05) is 11.8 Å². The van der Waals surface area contributed by atoms with Crippen molar-refractivity contribution in [1.82, 2.24) is 10.6 Å². The van der Waals surface area contributed by atoms with Gasteiger partial charge < -0.3 is 15.4 Å². The molecule has 0 spiro atoms. The number of thioether (sulfide) groups is 1. The Morgan fingerprint density at radius 3 is 2.90 bits per heavy atom. The number of methoxy groups -OCH3 is 1. The van der Waals surface area contributed by atoms with Crippen LogP contribution in [-0.2, 0) is 6.54 Å². The maximum absolute atomic E-state index is 13.3. The molecule has 0 aliphatic heterocycles. The van der Waals surface area contributed by atoms with Gasteiger partial charge in [0.15, 0.2) is 0 Å². The Labute approximate surface area is 128 Å². The number of carbonyl (C=O) groups excluding carboxylic acids is 1. The van der Waals surface area contributed by atoms with Gasteiger partial charge in [0.1, 0.15) is 11.6 Å². The average molecular weight is 312 g/mol. The lowest BCUT2D eigenvalue weighted by atomic mass is 10.2. The minimum Gasteiger partial charge on any atom is -0.497 e. The molecule has 0 bridgehead atoms. The van der Waals surface area contributed by atoms with Crippen LogP contribution in [0.4, 0.5) is 9.18 Å². The molecule has 1 fully saturated rings. The third kappa shape index (κ3) is 4.81. The van der Waals surface area contributed by atoms with Crippen LogP contribution in [-0.4, -0.2) is 30.7 Å². The monoisotopic (exact) mass is 312 g/mol. The second kappa shape index (κ2) is 7.54. The summed E-state index contributed by atoms with van der Waals surface area (Å²) < 4.78 is 18.3. The van der Waals surface area contributed by atoms with Gasteiger partial charge in [-0.2, -0.15) is 11.8 Å². The minimum atomic E-state index is -0.370. The summed E-state index contributed by atoms with van der Waals surface area (Å²) in [5, 5.41) is 6.37. The Hall–Kier alpha value is -1.43. The summed E-state index contributed by atoms with van der Waals surface area (Å²) in [6.45, 7) is 0.276. The third-order valence-corrected chi connectivity index (χ3v) is 4.77. The molecule has 6 heteroatoms. The predicted octanol–water partition coefficient (Wildman–Crippen LogP) is 2.92. The molecule has 2 atom stereocenters. The first-order valence-electron chi connectivity index (χ1n) is 7.01. The number of carbonyl (C=O) groups is 1. The lowest BCUT2D eigenvalue weighted by Crippen LogP contribution is -2.40. The molecule has 1 saturated carbocycles. The number of halogens is 1. The number of amides is 2. The number of hydrogen-bond acceptors (Lipinski definition) is 3. The maximum Gasteiger partial charge on any atom is 0.315 e. The Morgan fingerprint density at radius 2 is 2.24 bits per heavy atom. The van der Waals surface area contributed by atoms with E-state index in [1.165, 1.54) is 19.2 Å². The van der Waals surface area contributed by atoms with Crippen LogP contribution in [0.5, 0.6) is 5.75 Å². The summed E-state index contributed by atoms with van der Waals surface area (Å²) in [6, 6.07) is 4.45. The molecule has 1 aliphatic rings. The first kappa shape index (κ1) is 15.9. The second-order valence-electron chi connectivity index (χ2n) is 5.19. The third-order valence-electron chi connectivity index (χ3n) is 3.67. The molecule has 21 heavy (non-hydrogen) atoms. The summed E-state index contributed by atoms with van der Waals surface area (Å²) in [6.07, 6.45) is 5.28. The Kier molecular flexibility index (Phi) is 5.73. The number of urea groups is 1. The molecule has 0 saturated heterocycles. The van der Waals surface area contributed by atoms with Gasteiger partial charge in [0.25, 0.3) is 0 Å². The number of hydrogen-bond donors (Lipinski definition) is 2. The second-order valence-corrected chi connectivity index (χ2v) is 6.33. The standard InChI is InChI=1S/C15H21FN2O2S/c1-20-13-6-10(5-11(16)7-13)9-17-15(19)18-12-3-4-14(8-12)21-2/h5-7,12,14H,3-4,8-9H2,1-2H3,(H2,17,18,19)/t12-,14-/m0/s1. The molecule has 4 nitrogen and oxygen atoms in total. The van der Waals surface area contributed by atoms with E-state index in [4.69, 9.17) is 4.74 Å². The topological polar surface area (TPSA) is 50.4 Å². The van der Waals surface area contributed by atoms with E-state index in [2.05, 4.69) is 16.9 Å². The zero-order valence-corrected chi connectivity index (χ0v) is 13.1. The van der Waals surface area contributed by atoms with Gasteiger partial charge in [-0.15, -0.1) is 0 Å². The van der Waals surface area contributed by atoms with Crippen LogP contribution >= 0.6 is 11.8 Å². The molecule has 2 amide bonds. The minimum absolute atomic E-state index is 0.204. The molecule has 2 rings (SSSR count). The van der Waals surface area contributed by atoms with E-state index in [-0.39, 0.29) is 24.4 Å². The van der Waals surface area contributed by atoms with Crippen LogP contribution in [0.15, 0.2) is 18.2 Å². The van der Waals surface area contributed by atoms with Crippen LogP contribution < -0.4 is 15.4 Å². The van der Waals surface area contributed by atoms with Crippen molar-refractivity contribution in [3.05, 3.63) is 29.6 Å². The fraction of sp³-hybridized carbons (Fsp3) is 0.533. The number of rotatable bonds is 5. The SMILES string of the molecule is COc1cc(F)cc(CNC(=O)N[C@H]2CC[C@H](SC)C2)c1. The predicted molar refractivity (Wildman–Crippen MR) is 83.3 cm³/mol. The van der Waals surface area contributed by atoms with Crippen molar-refractivity contribution in [3.8, 4) is 5.75 Å². The number of benzene rings is 1. The largest absolute Gasteiger partial charge is 0.497 e. The van der Waals surface area contributed by atoms with Crippen LogP contribution in [0.1, 0.15) is 24.8 Å². The zero-order chi connectivity index (χ0) is 15.2. The highest BCUT2D eigenvalue weighted by Crippen LogP contribution is 2.28. The van der Waals surface area contributed by atoms with E-state index >= 15 is 0 Å². The first-order valence-corrected chi connectivity index (χ1v) is 8.30. The van der Waals surface area contributed by atoms with Crippen molar-refractivity contribution in [2.24, 2.45) is 0 Å². The summed E-state index contributed by atoms with van der Waals surface area (Å²) in [7, 11) is 1.49. The fourth-order valence-electron chi connectivity index (χ4n) is 2.54. The van der Waals surface area contributed by atoms with Crippen LogP contribution in [0.2, 0.25) is 0 Å². The first-order chi connectivity index (χ1) is 10.1. The molecule has 2 N–H and O–H groups in total. The highest BCUT2D eigenvalue weighted by Gasteiger charge is 2.24. The lowest BCUT2D eigenvalue weighted by Gasteiger charge is -2.14. The molecule has 0 unspecified atom stereocenters. The molecule has 1 aromatic carbocycles. The highest BCUT2D eigenvalue weighted by atomic mass is 32.2. The van der Waals surface area contributed by atoms with Crippen molar-refractivity contribution in [1.29, 1.82) is 0 Å². The lowest BCUT2D eigenvalue weighted by molar-refractivity contribution is 0.236. The van der Waals surface area contributed by atoms with E-state index in [0.717, 1.165) is 19.3 Å². The van der Waals surface area contributed by atoms with Gasteiger partial charge in [-0.05, 0) is 43.2 Å². The molecular formula is C15H21FN2O2S. The van der Waals surface area contributed by atoms with Gasteiger partial charge in [-0.1, -0.05) is 0 Å². The average Bonchev–Trinajstić information content (AvgIpc) is 2.92. The molecule has 0 aromatic heterocycles. The van der Waals surface area contributed by atoms with Gasteiger partial charge in [0.2, 0.25) is 0 Å². The van der Waals surface area contributed by atoms with Crippen molar-refractivity contribution in [2.75, 3.05) is 13.4 Å². The molecular weight excluding hydrogens is 291 g/mol. The van der Waals surface area contributed by atoms with E-state index in [9.17, 15) is 9.18 Å². The van der Waals surface area contributed by atoms with Gasteiger partial charge in [-0.3, -0.25) is 0 Å². The van der Waals surface area contributed by atoms with Crippen molar-refractivity contribution in [2.45, 2.75) is 37.1 Å². The number of ether oxygens (including phenoxy) is 1. The summed E-state index contributed by atoms with van der Waals surface area (Å²) in [5.74, 6) is 0.0796. The highest BCUT2D eigenvalue weighted by molar-refractivity contribution is 7.99. The molecule has 0 radical (unpaired) electrons. The van der Waals surface area contributed by atoms with Gasteiger partial charge in [-0.25, -0.2) is 9.18 Å². The fourth-order valence-corrected chi connectivity index (χ4v) is 3.34. The Morgan fingerprint density at radius 1 is 1.43 bits per heavy atom. The van der Waals surface area contributed by atoms with Crippen molar-refractivity contribution in [3.63, 3.8) is 0 Å². The molecule has 0 heterocycles. The van der Waals surface area contributed by atoms with E-state index < -0.39 is 0 Å². The Balaban J connectivity index is 1.80. The van der Waals surface area contributed by atoms with Crippen molar-refractivity contribution < 1.29 is 13.9 Å². The molecule has 1 aromatic rings. The van der Waals surface area contributed by atoms with Crippen LogP contribution in [0, 0.1) is 5.82 Å². The van der Waals surface area contributed by atoms with Gasteiger partial charge in [0.05, 0.1) is 7.11 Å². The zero-order valence-electron chi connectivity index (χ0n) is 12.3. The van der Waals surface area contributed by atoms with Gasteiger partial charge >= 0.3 is 6.03 Å². The van der Waals surface area contributed by atoms with E-state index in [1.54, 1.807) is 6.07 Å². The number of nitrogens with one attached hydrogen (secondary N) is 2.